The largest absolute Gasteiger partial charge is 0.325 e. The standard InChI is InChI=1S/C16H25.2H3O3PS.Zn/c1-2-3-4-5-6-7-8-10-13-16-14-11-9-12-15-16;2*1-4(2,3)5;/h9,11-12,14H,2-8,10,13H2,1H3;2*(H3,1,2,3,5);/q-1;;;. The molecule has 27 heavy (non-hydrogen) atoms. The van der Waals surface area contributed by atoms with E-state index in [1.165, 1.54) is 63.4 Å². The van der Waals surface area contributed by atoms with Gasteiger partial charge in [0.1, 0.15) is 0 Å². The van der Waals surface area contributed by atoms with E-state index < -0.39 is 13.4 Å². The van der Waals surface area contributed by atoms with Crippen molar-refractivity contribution in [2.45, 2.75) is 64.7 Å². The molecular formula is C16H31O6P2S2Zn-. The molecule has 0 aromatic heterocycles. The van der Waals surface area contributed by atoms with Crippen molar-refractivity contribution in [1.82, 2.24) is 0 Å². The third-order valence-electron chi connectivity index (χ3n) is 3.07. The summed E-state index contributed by atoms with van der Waals surface area (Å²) in [4.78, 5) is 45.3. The van der Waals surface area contributed by atoms with Gasteiger partial charge < -0.3 is 29.4 Å². The number of benzene rings is 1. The van der Waals surface area contributed by atoms with Gasteiger partial charge in [-0.1, -0.05) is 64.7 Å². The van der Waals surface area contributed by atoms with E-state index in [-0.39, 0.29) is 19.5 Å². The first-order chi connectivity index (χ1) is 11.9. The Bertz CT molecular complexity index is 488. The molecule has 0 aliphatic heterocycles. The van der Waals surface area contributed by atoms with Crippen molar-refractivity contribution in [3.63, 3.8) is 0 Å². The SMILES string of the molecule is CCCCCCCCCCc1[c-]cccc1.OP(O)(O)=S.OP(O)(O)=S.[Zn]. The van der Waals surface area contributed by atoms with E-state index in [1.54, 1.807) is 0 Å². The summed E-state index contributed by atoms with van der Waals surface area (Å²) < 4.78 is 0. The van der Waals surface area contributed by atoms with E-state index in [9.17, 15) is 0 Å². The zero-order chi connectivity index (χ0) is 20.5. The topological polar surface area (TPSA) is 121 Å². The van der Waals surface area contributed by atoms with Gasteiger partial charge in [-0.05, 0) is 23.6 Å². The number of unbranched alkanes of at least 4 members (excludes halogenated alkanes) is 7. The van der Waals surface area contributed by atoms with E-state index in [0.717, 1.165) is 0 Å². The van der Waals surface area contributed by atoms with Crippen molar-refractivity contribution >= 4 is 37.1 Å². The summed E-state index contributed by atoms with van der Waals surface area (Å²) in [5, 5.41) is 0. The van der Waals surface area contributed by atoms with Crippen LogP contribution in [-0.4, -0.2) is 29.4 Å². The molecule has 0 bridgehead atoms. The van der Waals surface area contributed by atoms with Crippen LogP contribution in [0.4, 0.5) is 0 Å². The minimum atomic E-state index is -3.81. The Morgan fingerprint density at radius 2 is 1.19 bits per heavy atom. The number of rotatable bonds is 9. The van der Waals surface area contributed by atoms with Crippen LogP contribution in [0.1, 0.15) is 63.9 Å². The molecule has 1 aromatic rings. The van der Waals surface area contributed by atoms with Crippen LogP contribution in [0.5, 0.6) is 0 Å². The fourth-order valence-electron chi connectivity index (χ4n) is 2.04. The summed E-state index contributed by atoms with van der Waals surface area (Å²) >= 11 is 7.21. The summed E-state index contributed by atoms with van der Waals surface area (Å²) in [6, 6.07) is 11.6. The molecule has 0 amide bonds. The smallest absolute Gasteiger partial charge is 0.319 e. The van der Waals surface area contributed by atoms with Crippen molar-refractivity contribution in [1.29, 1.82) is 0 Å². The van der Waals surface area contributed by atoms with Crippen LogP contribution in [0.25, 0.3) is 0 Å². The third-order valence-corrected chi connectivity index (χ3v) is 3.07. The zero-order valence-corrected chi connectivity index (χ0v) is 22.2. The molecule has 0 aliphatic carbocycles. The maximum atomic E-state index is 7.56. The third kappa shape index (κ3) is 46.7. The fraction of sp³-hybridized carbons (Fsp3) is 0.625. The van der Waals surface area contributed by atoms with Gasteiger partial charge in [-0.15, -0.1) is 0 Å². The maximum Gasteiger partial charge on any atom is 0.319 e. The minimum Gasteiger partial charge on any atom is -0.325 e. The molecular weight excluding hydrogens is 480 g/mol. The van der Waals surface area contributed by atoms with Crippen molar-refractivity contribution in [3.8, 4) is 0 Å². The van der Waals surface area contributed by atoms with Gasteiger partial charge in [-0.2, -0.15) is 35.9 Å². The first kappa shape index (κ1) is 32.6. The van der Waals surface area contributed by atoms with Crippen LogP contribution in [0.15, 0.2) is 24.3 Å². The second-order valence-corrected chi connectivity index (χ2v) is 10.6. The van der Waals surface area contributed by atoms with Crippen molar-refractivity contribution in [2.24, 2.45) is 0 Å². The van der Waals surface area contributed by atoms with Crippen LogP contribution >= 0.6 is 13.4 Å². The van der Waals surface area contributed by atoms with Gasteiger partial charge in [-0.25, -0.2) is 0 Å². The second-order valence-electron chi connectivity index (χ2n) is 5.64. The molecule has 0 spiro atoms. The van der Waals surface area contributed by atoms with Crippen LogP contribution < -0.4 is 0 Å². The quantitative estimate of drug-likeness (QED) is 0.129. The molecule has 0 heterocycles. The van der Waals surface area contributed by atoms with Gasteiger partial charge in [0, 0.05) is 19.5 Å². The normalized spacial score (nSPS) is 10.6. The molecule has 0 saturated heterocycles. The van der Waals surface area contributed by atoms with Crippen molar-refractivity contribution in [2.75, 3.05) is 0 Å². The molecule has 0 atom stereocenters. The monoisotopic (exact) mass is 509 g/mol. The van der Waals surface area contributed by atoms with Crippen LogP contribution in [-0.2, 0) is 49.5 Å². The average Bonchev–Trinajstić information content (AvgIpc) is 2.48. The molecule has 11 heteroatoms. The molecule has 0 saturated carbocycles. The van der Waals surface area contributed by atoms with Gasteiger partial charge in [0.2, 0.25) is 0 Å². The van der Waals surface area contributed by atoms with Gasteiger partial charge in [0.15, 0.2) is 0 Å². The van der Waals surface area contributed by atoms with Crippen molar-refractivity contribution < 1.29 is 48.8 Å². The number of aryl methyl sites for hydroxylation is 1. The summed E-state index contributed by atoms with van der Waals surface area (Å²) in [6.07, 6.45) is 12.4. The number of hydrogen-bond donors (Lipinski definition) is 6. The van der Waals surface area contributed by atoms with E-state index in [2.05, 4.69) is 48.7 Å². The Morgan fingerprint density at radius 3 is 1.56 bits per heavy atom. The second kappa shape index (κ2) is 20.2. The Balaban J connectivity index is -0.000000436. The van der Waals surface area contributed by atoms with Crippen LogP contribution in [0, 0.1) is 6.07 Å². The van der Waals surface area contributed by atoms with Gasteiger partial charge in [0.25, 0.3) is 0 Å². The molecule has 1 rings (SSSR count). The zero-order valence-electron chi connectivity index (χ0n) is 15.8. The van der Waals surface area contributed by atoms with Crippen LogP contribution in [0.2, 0.25) is 0 Å². The maximum absolute atomic E-state index is 7.56. The Labute approximate surface area is 186 Å². The van der Waals surface area contributed by atoms with E-state index in [1.807, 2.05) is 12.1 Å². The Morgan fingerprint density at radius 1 is 0.778 bits per heavy atom. The molecule has 0 fully saturated rings. The molecule has 0 aliphatic rings. The molecule has 156 valence electrons. The fourth-order valence-corrected chi connectivity index (χ4v) is 2.04. The predicted molar refractivity (Wildman–Crippen MR) is 113 cm³/mol. The number of hydrogen-bond acceptors (Lipinski definition) is 2. The van der Waals surface area contributed by atoms with E-state index in [0.29, 0.717) is 0 Å². The predicted octanol–water partition coefficient (Wildman–Crippen LogP) is 3.54. The average molecular weight is 511 g/mol. The summed E-state index contributed by atoms with van der Waals surface area (Å²) in [6.45, 7) is -5.34. The van der Waals surface area contributed by atoms with Gasteiger partial charge in [-0.3, -0.25) is 0 Å². The van der Waals surface area contributed by atoms with Gasteiger partial charge >= 0.3 is 13.4 Å². The van der Waals surface area contributed by atoms with E-state index >= 15 is 0 Å². The molecule has 6 N–H and O–H groups in total. The van der Waals surface area contributed by atoms with Crippen LogP contribution in [0.3, 0.4) is 0 Å². The molecule has 0 radical (unpaired) electrons. The first-order valence-corrected chi connectivity index (χ1v) is 13.8. The van der Waals surface area contributed by atoms with Gasteiger partial charge in [0.05, 0.1) is 0 Å². The Hall–Kier alpha value is 0.903. The van der Waals surface area contributed by atoms with Crippen molar-refractivity contribution in [3.05, 3.63) is 35.9 Å². The Kier molecular flexibility index (Phi) is 24.3. The molecule has 6 nitrogen and oxygen atoms in total. The summed E-state index contributed by atoms with van der Waals surface area (Å²) in [7, 11) is 0. The van der Waals surface area contributed by atoms with E-state index in [4.69, 9.17) is 29.4 Å². The molecule has 1 aromatic carbocycles. The minimum absolute atomic E-state index is 0. The summed E-state index contributed by atoms with van der Waals surface area (Å²) in [5.74, 6) is 0. The molecule has 0 unspecified atom stereocenters. The summed E-state index contributed by atoms with van der Waals surface area (Å²) in [5.41, 5.74) is 1.37. The first-order valence-electron chi connectivity index (χ1n) is 8.45.